The van der Waals surface area contributed by atoms with Crippen LogP contribution in [-0.2, 0) is 21.0 Å². The summed E-state index contributed by atoms with van der Waals surface area (Å²) in [6, 6.07) is 5.50. The van der Waals surface area contributed by atoms with Crippen molar-refractivity contribution < 1.29 is 14.3 Å². The number of carbonyl (C=O) groups excluding carboxylic acids is 1. The Morgan fingerprint density at radius 3 is 2.79 bits per heavy atom. The highest BCUT2D eigenvalue weighted by Crippen LogP contribution is 2.36. The molecule has 3 unspecified atom stereocenters. The average Bonchev–Trinajstić information content (AvgIpc) is 3.13. The zero-order valence-corrected chi connectivity index (χ0v) is 21.9. The van der Waals surface area contributed by atoms with Crippen molar-refractivity contribution >= 4 is 30.8 Å². The molecule has 33 heavy (non-hydrogen) atoms. The fraction of sp³-hybridized carbons (Fsp3) is 0.640. The highest BCUT2D eigenvalue weighted by molar-refractivity contribution is 6.76. The maximum atomic E-state index is 11.7. The average molecular weight is 471 g/mol. The SMILES string of the molecule is Cc1cnc2c(ccn2COCC[Si](C)(C)C)c1N(C)C1CCC(OC(=O)CC#N)CC1C. The molecule has 0 saturated heterocycles. The van der Waals surface area contributed by atoms with Crippen LogP contribution in [0.2, 0.25) is 25.7 Å². The smallest absolute Gasteiger partial charge is 0.320 e. The first-order valence-corrected chi connectivity index (χ1v) is 15.6. The number of aryl methyl sites for hydroxylation is 1. The van der Waals surface area contributed by atoms with Crippen LogP contribution in [0.4, 0.5) is 5.69 Å². The third kappa shape index (κ3) is 6.36. The molecule has 0 radical (unpaired) electrons. The summed E-state index contributed by atoms with van der Waals surface area (Å²) in [5, 5.41) is 9.83. The molecule has 0 aliphatic heterocycles. The van der Waals surface area contributed by atoms with Gasteiger partial charge in [-0.05, 0) is 49.8 Å². The Morgan fingerprint density at radius 1 is 1.36 bits per heavy atom. The number of fused-ring (bicyclic) bond motifs is 1. The number of nitrogens with zero attached hydrogens (tertiary/aromatic N) is 4. The van der Waals surface area contributed by atoms with Gasteiger partial charge in [-0.2, -0.15) is 5.26 Å². The van der Waals surface area contributed by atoms with Crippen LogP contribution < -0.4 is 4.90 Å². The number of ether oxygens (including phenoxy) is 2. The van der Waals surface area contributed by atoms with E-state index in [9.17, 15) is 4.79 Å². The molecule has 8 heteroatoms. The first-order chi connectivity index (χ1) is 15.6. The van der Waals surface area contributed by atoms with E-state index in [-0.39, 0.29) is 12.5 Å². The number of aromatic nitrogens is 2. The van der Waals surface area contributed by atoms with Gasteiger partial charge in [0.05, 0.1) is 11.8 Å². The fourth-order valence-electron chi connectivity index (χ4n) is 4.81. The lowest BCUT2D eigenvalue weighted by Gasteiger charge is -2.41. The molecule has 0 spiro atoms. The van der Waals surface area contributed by atoms with E-state index >= 15 is 0 Å². The Balaban J connectivity index is 1.71. The van der Waals surface area contributed by atoms with Gasteiger partial charge in [0, 0.05) is 45.6 Å². The van der Waals surface area contributed by atoms with Crippen molar-refractivity contribution in [3.63, 3.8) is 0 Å². The predicted molar refractivity (Wildman–Crippen MR) is 134 cm³/mol. The van der Waals surface area contributed by atoms with E-state index in [0.29, 0.717) is 18.7 Å². The van der Waals surface area contributed by atoms with Crippen molar-refractivity contribution in [3.8, 4) is 6.07 Å². The van der Waals surface area contributed by atoms with Crippen LogP contribution in [0.3, 0.4) is 0 Å². The van der Waals surface area contributed by atoms with Crippen molar-refractivity contribution in [1.29, 1.82) is 5.26 Å². The van der Waals surface area contributed by atoms with Crippen LogP contribution >= 0.6 is 0 Å². The van der Waals surface area contributed by atoms with Gasteiger partial charge in [0.2, 0.25) is 0 Å². The zero-order chi connectivity index (χ0) is 24.2. The Kier molecular flexibility index (Phi) is 8.19. The summed E-state index contributed by atoms with van der Waals surface area (Å²) in [7, 11) is 1.05. The summed E-state index contributed by atoms with van der Waals surface area (Å²) in [5.74, 6) is -0.0557. The molecule has 1 aliphatic rings. The molecule has 0 aromatic carbocycles. The van der Waals surface area contributed by atoms with E-state index in [1.165, 1.54) is 5.69 Å². The van der Waals surface area contributed by atoms with Gasteiger partial charge >= 0.3 is 5.97 Å². The molecule has 180 valence electrons. The van der Waals surface area contributed by atoms with E-state index in [0.717, 1.165) is 48.5 Å². The third-order valence-electron chi connectivity index (χ3n) is 6.62. The summed E-state index contributed by atoms with van der Waals surface area (Å²) in [5.41, 5.74) is 3.30. The number of esters is 1. The molecule has 0 N–H and O–H groups in total. The van der Waals surface area contributed by atoms with E-state index in [1.807, 2.05) is 12.3 Å². The topological polar surface area (TPSA) is 80.4 Å². The second-order valence-electron chi connectivity index (χ2n) is 10.6. The summed E-state index contributed by atoms with van der Waals surface area (Å²) in [6.45, 7) is 12.7. The van der Waals surface area contributed by atoms with Crippen LogP contribution in [0.25, 0.3) is 11.0 Å². The lowest BCUT2D eigenvalue weighted by atomic mass is 9.82. The zero-order valence-electron chi connectivity index (χ0n) is 20.9. The van der Waals surface area contributed by atoms with E-state index in [4.69, 9.17) is 19.7 Å². The number of carbonyl (C=O) groups is 1. The van der Waals surface area contributed by atoms with Crippen molar-refractivity contribution in [2.24, 2.45) is 5.92 Å². The minimum Gasteiger partial charge on any atom is -0.462 e. The minimum absolute atomic E-state index is 0.0987. The lowest BCUT2D eigenvalue weighted by molar-refractivity contribution is -0.150. The molecule has 2 aromatic rings. The Hall–Kier alpha value is -2.37. The Morgan fingerprint density at radius 2 is 2.12 bits per heavy atom. The van der Waals surface area contributed by atoms with E-state index in [2.05, 4.69) is 62.3 Å². The van der Waals surface area contributed by atoms with Gasteiger partial charge in [0.25, 0.3) is 0 Å². The van der Waals surface area contributed by atoms with Gasteiger partial charge in [0.15, 0.2) is 0 Å². The number of hydrogen-bond donors (Lipinski definition) is 0. The summed E-state index contributed by atoms with van der Waals surface area (Å²) < 4.78 is 13.6. The van der Waals surface area contributed by atoms with Crippen LogP contribution in [0.15, 0.2) is 18.5 Å². The fourth-order valence-corrected chi connectivity index (χ4v) is 5.57. The van der Waals surface area contributed by atoms with Crippen LogP contribution in [0.1, 0.15) is 38.2 Å². The Bertz CT molecular complexity index is 1010. The van der Waals surface area contributed by atoms with Crippen LogP contribution in [-0.4, -0.2) is 49.4 Å². The highest BCUT2D eigenvalue weighted by Gasteiger charge is 2.33. The van der Waals surface area contributed by atoms with Gasteiger partial charge < -0.3 is 18.9 Å². The quantitative estimate of drug-likeness (QED) is 0.288. The summed E-state index contributed by atoms with van der Waals surface area (Å²) in [6.07, 6.45) is 6.30. The number of hydrogen-bond acceptors (Lipinski definition) is 6. The standard InChI is InChI=1S/C25H38N4O3Si/c1-18-15-20(32-23(30)9-11-26)7-8-22(18)28(3)24-19(2)16-27-25-21(24)10-12-29(25)17-31-13-14-33(4,5)6/h10,12,16,18,20,22H,7-9,13-15,17H2,1-6H3. The maximum Gasteiger partial charge on any atom is 0.320 e. The molecule has 0 amide bonds. The van der Waals surface area contributed by atoms with E-state index < -0.39 is 14.0 Å². The number of anilines is 1. The van der Waals surface area contributed by atoms with Crippen LogP contribution in [0, 0.1) is 24.2 Å². The first kappa shape index (κ1) is 25.3. The molecule has 3 rings (SSSR count). The molecule has 1 saturated carbocycles. The molecule has 3 atom stereocenters. The van der Waals surface area contributed by atoms with Crippen molar-refractivity contribution in [2.75, 3.05) is 18.6 Å². The molecular weight excluding hydrogens is 432 g/mol. The van der Waals surface area contributed by atoms with Gasteiger partial charge in [-0.1, -0.05) is 26.6 Å². The molecular formula is C25H38N4O3Si. The van der Waals surface area contributed by atoms with Gasteiger partial charge in [-0.3, -0.25) is 4.79 Å². The molecule has 1 aliphatic carbocycles. The molecule has 2 aromatic heterocycles. The van der Waals surface area contributed by atoms with Crippen molar-refractivity contribution in [3.05, 3.63) is 24.0 Å². The largest absolute Gasteiger partial charge is 0.462 e. The third-order valence-corrected chi connectivity index (χ3v) is 8.32. The summed E-state index contributed by atoms with van der Waals surface area (Å²) in [4.78, 5) is 18.8. The Labute approximate surface area is 198 Å². The van der Waals surface area contributed by atoms with Gasteiger partial charge in [0.1, 0.15) is 24.9 Å². The second kappa shape index (κ2) is 10.7. The normalized spacial score (nSPS) is 21.1. The number of pyridine rings is 1. The lowest BCUT2D eigenvalue weighted by Crippen LogP contribution is -2.43. The van der Waals surface area contributed by atoms with Gasteiger partial charge in [-0.25, -0.2) is 4.98 Å². The highest BCUT2D eigenvalue weighted by atomic mass is 28.3. The minimum atomic E-state index is -1.11. The molecule has 1 fully saturated rings. The first-order valence-electron chi connectivity index (χ1n) is 11.9. The second-order valence-corrected chi connectivity index (χ2v) is 16.2. The van der Waals surface area contributed by atoms with E-state index in [1.54, 1.807) is 0 Å². The predicted octanol–water partition coefficient (Wildman–Crippen LogP) is 5.11. The van der Waals surface area contributed by atoms with Crippen LogP contribution in [0.5, 0.6) is 0 Å². The monoisotopic (exact) mass is 470 g/mol. The van der Waals surface area contributed by atoms with Crippen molar-refractivity contribution in [1.82, 2.24) is 9.55 Å². The van der Waals surface area contributed by atoms with Gasteiger partial charge in [-0.15, -0.1) is 0 Å². The molecule has 0 bridgehead atoms. The van der Waals surface area contributed by atoms with Crippen molar-refractivity contribution in [2.45, 2.75) is 84.1 Å². The number of rotatable bonds is 9. The molecule has 7 nitrogen and oxygen atoms in total. The molecule has 2 heterocycles. The number of nitriles is 1. The summed E-state index contributed by atoms with van der Waals surface area (Å²) >= 11 is 0. The maximum absolute atomic E-state index is 11.7.